The molecule has 7 nitrogen and oxygen atoms in total. The smallest absolute Gasteiger partial charge is 0.192 e. The minimum absolute atomic E-state index is 0.325. The van der Waals surface area contributed by atoms with E-state index in [9.17, 15) is 0 Å². The topological polar surface area (TPSA) is 89.5 Å². The first-order chi connectivity index (χ1) is 9.36. The number of aromatic nitrogens is 5. The van der Waals surface area contributed by atoms with Crippen molar-refractivity contribution in [3.63, 3.8) is 0 Å². The summed E-state index contributed by atoms with van der Waals surface area (Å²) in [6, 6.07) is 2.07. The van der Waals surface area contributed by atoms with E-state index in [0.717, 1.165) is 0 Å². The normalized spacial score (nSPS) is 10.3. The molecule has 0 atom stereocenters. The Morgan fingerprint density at radius 3 is 3.00 bits per heavy atom. The number of ether oxygens (including phenoxy) is 1. The molecule has 0 N–H and O–H groups in total. The van der Waals surface area contributed by atoms with Gasteiger partial charge in [0.15, 0.2) is 11.0 Å². The zero-order chi connectivity index (χ0) is 13.5. The van der Waals surface area contributed by atoms with E-state index >= 15 is 0 Å². The summed E-state index contributed by atoms with van der Waals surface area (Å²) in [6.07, 6.45) is 4.84. The minimum atomic E-state index is 0.325. The van der Waals surface area contributed by atoms with Crippen LogP contribution >= 0.6 is 11.8 Å². The van der Waals surface area contributed by atoms with E-state index < -0.39 is 0 Å². The van der Waals surface area contributed by atoms with E-state index in [-0.39, 0.29) is 0 Å². The Kier molecular flexibility index (Phi) is 4.83. The molecule has 0 fully saturated rings. The van der Waals surface area contributed by atoms with Gasteiger partial charge in [-0.1, -0.05) is 11.8 Å². The van der Waals surface area contributed by atoms with Crippen molar-refractivity contribution in [3.05, 3.63) is 18.6 Å². The van der Waals surface area contributed by atoms with E-state index in [2.05, 4.69) is 26.2 Å². The number of hydrogen-bond acceptors (Lipinski definition) is 7. The van der Waals surface area contributed by atoms with E-state index in [1.165, 1.54) is 11.8 Å². The highest BCUT2D eigenvalue weighted by Gasteiger charge is 2.14. The van der Waals surface area contributed by atoms with Crippen molar-refractivity contribution in [2.24, 2.45) is 0 Å². The summed E-state index contributed by atoms with van der Waals surface area (Å²) in [7, 11) is 1.63. The fourth-order valence-corrected chi connectivity index (χ4v) is 2.11. The Labute approximate surface area is 114 Å². The van der Waals surface area contributed by atoms with Crippen molar-refractivity contribution < 1.29 is 4.74 Å². The van der Waals surface area contributed by atoms with Crippen LogP contribution in [-0.2, 0) is 11.3 Å². The average Bonchev–Trinajstić information content (AvgIpc) is 2.86. The van der Waals surface area contributed by atoms with Crippen molar-refractivity contribution in [3.8, 4) is 17.6 Å². The minimum Gasteiger partial charge on any atom is -0.383 e. The highest BCUT2D eigenvalue weighted by Crippen LogP contribution is 2.21. The summed E-state index contributed by atoms with van der Waals surface area (Å²) in [5.41, 5.74) is 0.648. The van der Waals surface area contributed by atoms with Crippen LogP contribution in [0.4, 0.5) is 0 Å². The standard InChI is InChI=1S/C11H12N6OS/c1-18-6-5-17-10(9-8-13-3-4-14-9)15-16-11(17)19-7-2-12/h3-4,8H,5-7H2,1H3. The van der Waals surface area contributed by atoms with Crippen molar-refractivity contribution in [2.45, 2.75) is 11.7 Å². The monoisotopic (exact) mass is 276 g/mol. The summed E-state index contributed by atoms with van der Waals surface area (Å²) >= 11 is 1.34. The van der Waals surface area contributed by atoms with Crippen LogP contribution in [0.5, 0.6) is 0 Å². The lowest BCUT2D eigenvalue weighted by atomic mass is 10.4. The van der Waals surface area contributed by atoms with E-state index in [0.29, 0.717) is 35.6 Å². The van der Waals surface area contributed by atoms with Gasteiger partial charge < -0.3 is 4.74 Å². The number of nitrogens with zero attached hydrogens (tertiary/aromatic N) is 6. The molecule has 8 heteroatoms. The lowest BCUT2D eigenvalue weighted by Gasteiger charge is -2.07. The van der Waals surface area contributed by atoms with Gasteiger partial charge >= 0.3 is 0 Å². The summed E-state index contributed by atoms with van der Waals surface area (Å²) in [5.74, 6) is 0.955. The van der Waals surface area contributed by atoms with Crippen LogP contribution in [-0.4, -0.2) is 44.2 Å². The maximum absolute atomic E-state index is 8.64. The van der Waals surface area contributed by atoms with Crippen LogP contribution in [0.15, 0.2) is 23.7 Å². The predicted octanol–water partition coefficient (Wildman–Crippen LogP) is 0.997. The average molecular weight is 276 g/mol. The van der Waals surface area contributed by atoms with Gasteiger partial charge in [0, 0.05) is 19.5 Å². The molecule has 2 aromatic heterocycles. The van der Waals surface area contributed by atoms with Gasteiger partial charge in [0.25, 0.3) is 0 Å². The predicted molar refractivity (Wildman–Crippen MR) is 69.3 cm³/mol. The quantitative estimate of drug-likeness (QED) is 0.727. The summed E-state index contributed by atoms with van der Waals surface area (Å²) in [5, 5.41) is 17.5. The van der Waals surface area contributed by atoms with Crippen molar-refractivity contribution in [1.82, 2.24) is 24.7 Å². The molecule has 0 spiro atoms. The molecule has 0 unspecified atom stereocenters. The molecule has 0 radical (unpaired) electrons. The van der Waals surface area contributed by atoms with Crippen LogP contribution in [0, 0.1) is 11.3 Å². The number of methoxy groups -OCH3 is 1. The molecule has 98 valence electrons. The largest absolute Gasteiger partial charge is 0.383 e. The van der Waals surface area contributed by atoms with E-state index in [4.69, 9.17) is 10.00 Å². The third-order valence-electron chi connectivity index (χ3n) is 2.29. The molecular formula is C11H12N6OS. The molecule has 0 amide bonds. The number of thioether (sulfide) groups is 1. The Balaban J connectivity index is 2.32. The van der Waals surface area contributed by atoms with Crippen LogP contribution in [0.1, 0.15) is 0 Å². The van der Waals surface area contributed by atoms with Gasteiger partial charge in [-0.15, -0.1) is 10.2 Å². The molecule has 0 saturated heterocycles. The second-order valence-corrected chi connectivity index (χ2v) is 4.43. The molecule has 19 heavy (non-hydrogen) atoms. The highest BCUT2D eigenvalue weighted by atomic mass is 32.2. The summed E-state index contributed by atoms with van der Waals surface area (Å²) < 4.78 is 6.96. The number of hydrogen-bond donors (Lipinski definition) is 0. The first kappa shape index (κ1) is 13.5. The number of nitriles is 1. The fourth-order valence-electron chi connectivity index (χ4n) is 1.48. The summed E-state index contributed by atoms with van der Waals surface area (Å²) in [6.45, 7) is 1.13. The number of rotatable bonds is 6. The third-order valence-corrected chi connectivity index (χ3v) is 3.13. The van der Waals surface area contributed by atoms with Crippen LogP contribution in [0.25, 0.3) is 11.5 Å². The molecule has 0 aliphatic carbocycles. The molecule has 0 aromatic carbocycles. The zero-order valence-corrected chi connectivity index (χ0v) is 11.2. The molecule has 0 aliphatic heterocycles. The maximum atomic E-state index is 8.64. The molecule has 0 aliphatic rings. The Hall–Kier alpha value is -1.98. The molecule has 2 aromatic rings. The van der Waals surface area contributed by atoms with Crippen LogP contribution in [0.3, 0.4) is 0 Å². The van der Waals surface area contributed by atoms with Crippen molar-refractivity contribution in [1.29, 1.82) is 5.26 Å². The van der Waals surface area contributed by atoms with Gasteiger partial charge in [-0.25, -0.2) is 4.98 Å². The van der Waals surface area contributed by atoms with Crippen LogP contribution in [0.2, 0.25) is 0 Å². The molecular weight excluding hydrogens is 264 g/mol. The molecule has 0 saturated carbocycles. The Bertz CT molecular complexity index is 564. The lowest BCUT2D eigenvalue weighted by molar-refractivity contribution is 0.185. The Morgan fingerprint density at radius 2 is 2.32 bits per heavy atom. The van der Waals surface area contributed by atoms with E-state index in [1.54, 1.807) is 25.7 Å². The van der Waals surface area contributed by atoms with Gasteiger partial charge in [-0.05, 0) is 0 Å². The van der Waals surface area contributed by atoms with Crippen LogP contribution < -0.4 is 0 Å². The highest BCUT2D eigenvalue weighted by molar-refractivity contribution is 7.99. The first-order valence-corrected chi connectivity index (χ1v) is 6.53. The van der Waals surface area contributed by atoms with Crippen molar-refractivity contribution >= 4 is 11.8 Å². The second kappa shape index (κ2) is 6.82. The van der Waals surface area contributed by atoms with Gasteiger partial charge in [0.05, 0.1) is 31.2 Å². The molecule has 2 heterocycles. The van der Waals surface area contributed by atoms with Crippen molar-refractivity contribution in [2.75, 3.05) is 19.5 Å². The third kappa shape index (κ3) is 3.27. The molecule has 2 rings (SSSR count). The van der Waals surface area contributed by atoms with Gasteiger partial charge in [-0.3, -0.25) is 9.55 Å². The van der Waals surface area contributed by atoms with Gasteiger partial charge in [0.1, 0.15) is 5.69 Å². The SMILES string of the molecule is COCCn1c(SCC#N)nnc1-c1cnccn1. The molecule has 0 bridgehead atoms. The fraction of sp³-hybridized carbons (Fsp3) is 0.364. The Morgan fingerprint density at radius 1 is 1.42 bits per heavy atom. The second-order valence-electron chi connectivity index (χ2n) is 3.49. The lowest BCUT2D eigenvalue weighted by Crippen LogP contribution is -2.08. The van der Waals surface area contributed by atoms with Gasteiger partial charge in [-0.2, -0.15) is 5.26 Å². The first-order valence-electron chi connectivity index (χ1n) is 5.55. The zero-order valence-electron chi connectivity index (χ0n) is 10.4. The van der Waals surface area contributed by atoms with E-state index in [1.807, 2.05) is 4.57 Å². The summed E-state index contributed by atoms with van der Waals surface area (Å²) in [4.78, 5) is 8.23. The van der Waals surface area contributed by atoms with Gasteiger partial charge in [0.2, 0.25) is 0 Å². The maximum Gasteiger partial charge on any atom is 0.192 e.